The molecule has 2 fully saturated rings. The minimum Gasteiger partial charge on any atom is -0.381 e. The van der Waals surface area contributed by atoms with E-state index in [9.17, 15) is 4.79 Å². The normalized spacial score (nSPS) is 22.5. The van der Waals surface area contributed by atoms with Crippen LogP contribution in [0.4, 0.5) is 0 Å². The molecule has 0 saturated carbocycles. The molecule has 2 saturated heterocycles. The van der Waals surface area contributed by atoms with Gasteiger partial charge in [-0.2, -0.15) is 0 Å². The Kier molecular flexibility index (Phi) is 8.48. The van der Waals surface area contributed by atoms with E-state index in [1.165, 1.54) is 6.42 Å². The zero-order valence-electron chi connectivity index (χ0n) is 16.0. The number of rotatable bonds is 6. The monoisotopic (exact) mass is 354 g/mol. The van der Waals surface area contributed by atoms with Gasteiger partial charge in [-0.25, -0.2) is 4.99 Å². The molecule has 144 valence electrons. The largest absolute Gasteiger partial charge is 0.381 e. The van der Waals surface area contributed by atoms with Gasteiger partial charge in [-0.3, -0.25) is 4.79 Å². The van der Waals surface area contributed by atoms with E-state index in [4.69, 9.17) is 9.47 Å². The second-order valence-electron chi connectivity index (χ2n) is 7.23. The van der Waals surface area contributed by atoms with Gasteiger partial charge in [0.25, 0.3) is 0 Å². The molecule has 7 nitrogen and oxygen atoms in total. The summed E-state index contributed by atoms with van der Waals surface area (Å²) in [6.45, 7) is 4.36. The van der Waals surface area contributed by atoms with Gasteiger partial charge in [-0.15, -0.1) is 0 Å². The lowest BCUT2D eigenvalue weighted by atomic mass is 10.00. The molecule has 1 atom stereocenters. The zero-order chi connectivity index (χ0) is 18.1. The number of amides is 1. The molecule has 0 bridgehead atoms. The van der Waals surface area contributed by atoms with Gasteiger partial charge < -0.3 is 24.6 Å². The number of carbonyl (C=O) groups is 1. The third-order valence-electron chi connectivity index (χ3n) is 4.86. The quantitative estimate of drug-likeness (QED) is 0.568. The fourth-order valence-electron chi connectivity index (χ4n) is 3.17. The first-order chi connectivity index (χ1) is 12.1. The van der Waals surface area contributed by atoms with Crippen LogP contribution in [0.2, 0.25) is 0 Å². The summed E-state index contributed by atoms with van der Waals surface area (Å²) in [6, 6.07) is 0. The van der Waals surface area contributed by atoms with Crippen LogP contribution in [-0.2, 0) is 14.3 Å². The number of nitrogens with one attached hydrogen (secondary N) is 1. The number of guanidine groups is 1. The van der Waals surface area contributed by atoms with Gasteiger partial charge in [-0.1, -0.05) is 0 Å². The Morgan fingerprint density at radius 2 is 1.88 bits per heavy atom. The number of likely N-dealkylation sites (N-methyl/N-ethyl adjacent to an activating group) is 1. The van der Waals surface area contributed by atoms with Crippen molar-refractivity contribution in [3.63, 3.8) is 0 Å². The van der Waals surface area contributed by atoms with E-state index in [1.54, 1.807) is 19.0 Å². The fourth-order valence-corrected chi connectivity index (χ4v) is 3.17. The van der Waals surface area contributed by atoms with Crippen LogP contribution in [0.3, 0.4) is 0 Å². The second kappa shape index (κ2) is 10.6. The van der Waals surface area contributed by atoms with E-state index in [-0.39, 0.29) is 18.6 Å². The first-order valence-electron chi connectivity index (χ1n) is 9.45. The lowest BCUT2D eigenvalue weighted by molar-refractivity contribution is -0.127. The Balaban J connectivity index is 1.91. The molecule has 25 heavy (non-hydrogen) atoms. The molecule has 1 unspecified atom stereocenters. The highest BCUT2D eigenvalue weighted by molar-refractivity contribution is 5.84. The molecular formula is C18H34N4O3. The highest BCUT2D eigenvalue weighted by Gasteiger charge is 2.20. The van der Waals surface area contributed by atoms with Crippen molar-refractivity contribution < 1.29 is 14.3 Å². The number of hydrogen-bond donors (Lipinski definition) is 1. The molecular weight excluding hydrogens is 320 g/mol. The Hall–Kier alpha value is -1.34. The van der Waals surface area contributed by atoms with E-state index in [0.29, 0.717) is 5.92 Å². The maximum Gasteiger partial charge on any atom is 0.243 e. The average Bonchev–Trinajstić information content (AvgIpc) is 2.63. The van der Waals surface area contributed by atoms with Crippen molar-refractivity contribution in [2.24, 2.45) is 10.9 Å². The highest BCUT2D eigenvalue weighted by atomic mass is 16.5. The van der Waals surface area contributed by atoms with Gasteiger partial charge in [0.2, 0.25) is 5.91 Å². The van der Waals surface area contributed by atoms with Crippen LogP contribution in [0.1, 0.15) is 32.1 Å². The average molecular weight is 354 g/mol. The first-order valence-corrected chi connectivity index (χ1v) is 9.45. The number of carbonyl (C=O) groups excluding carboxylic acids is 1. The summed E-state index contributed by atoms with van der Waals surface area (Å²) >= 11 is 0. The summed E-state index contributed by atoms with van der Waals surface area (Å²) in [5, 5.41) is 3.42. The molecule has 2 rings (SSSR count). The molecule has 2 heterocycles. The number of nitrogens with zero attached hydrogens (tertiary/aromatic N) is 3. The minimum atomic E-state index is 0.00711. The van der Waals surface area contributed by atoms with Crippen LogP contribution >= 0.6 is 0 Å². The molecule has 0 aliphatic carbocycles. The number of aliphatic imine (C=N–C) groups is 1. The Labute approximate surface area is 151 Å². The minimum absolute atomic E-state index is 0.00711. The number of ether oxygens (including phenoxy) is 2. The molecule has 0 aromatic rings. The van der Waals surface area contributed by atoms with Crippen LogP contribution in [0, 0.1) is 5.92 Å². The topological polar surface area (TPSA) is 66.4 Å². The van der Waals surface area contributed by atoms with Gasteiger partial charge >= 0.3 is 0 Å². The van der Waals surface area contributed by atoms with Gasteiger partial charge in [0, 0.05) is 54.1 Å². The van der Waals surface area contributed by atoms with Crippen molar-refractivity contribution in [1.29, 1.82) is 0 Å². The molecule has 2 aliphatic rings. The third kappa shape index (κ3) is 7.20. The van der Waals surface area contributed by atoms with Gasteiger partial charge in [0.15, 0.2) is 5.96 Å². The standard InChI is InChI=1S/C18H34N4O3/c1-21(2)17(23)13-20-18(19-12-16-6-4-5-9-25-16)22(3)14-15-7-10-24-11-8-15/h15-16H,4-14H2,1-3H3,(H,19,20). The molecule has 0 aromatic carbocycles. The summed E-state index contributed by atoms with van der Waals surface area (Å²) < 4.78 is 11.2. The van der Waals surface area contributed by atoms with Crippen LogP contribution < -0.4 is 5.32 Å². The summed E-state index contributed by atoms with van der Waals surface area (Å²) in [7, 11) is 5.56. The second-order valence-corrected chi connectivity index (χ2v) is 7.23. The summed E-state index contributed by atoms with van der Waals surface area (Å²) in [6.07, 6.45) is 5.86. The molecule has 1 amide bonds. The predicted molar refractivity (Wildman–Crippen MR) is 98.8 cm³/mol. The maximum absolute atomic E-state index is 11.9. The predicted octanol–water partition coefficient (Wildman–Crippen LogP) is 0.948. The van der Waals surface area contributed by atoms with Crippen molar-refractivity contribution in [3.8, 4) is 0 Å². The lowest BCUT2D eigenvalue weighted by Crippen LogP contribution is -2.46. The van der Waals surface area contributed by atoms with Crippen LogP contribution in [-0.4, -0.2) is 88.4 Å². The molecule has 0 aromatic heterocycles. The Bertz CT molecular complexity index is 430. The van der Waals surface area contributed by atoms with Crippen molar-refractivity contribution in [2.75, 3.05) is 60.6 Å². The van der Waals surface area contributed by atoms with Crippen LogP contribution in [0.25, 0.3) is 0 Å². The van der Waals surface area contributed by atoms with Crippen LogP contribution in [0.15, 0.2) is 4.99 Å². The fraction of sp³-hybridized carbons (Fsp3) is 0.889. The van der Waals surface area contributed by atoms with Gasteiger partial charge in [0.1, 0.15) is 6.54 Å². The van der Waals surface area contributed by atoms with Crippen molar-refractivity contribution in [1.82, 2.24) is 15.1 Å². The Morgan fingerprint density at radius 3 is 2.52 bits per heavy atom. The number of hydrogen-bond acceptors (Lipinski definition) is 4. The van der Waals surface area contributed by atoms with E-state index in [0.717, 1.165) is 64.6 Å². The summed E-state index contributed by atoms with van der Waals surface area (Å²) in [5.41, 5.74) is 0. The van der Waals surface area contributed by atoms with Crippen molar-refractivity contribution in [2.45, 2.75) is 38.2 Å². The van der Waals surface area contributed by atoms with Crippen molar-refractivity contribution in [3.05, 3.63) is 0 Å². The van der Waals surface area contributed by atoms with Gasteiger partial charge in [-0.05, 0) is 38.0 Å². The third-order valence-corrected chi connectivity index (χ3v) is 4.86. The maximum atomic E-state index is 11.9. The van der Waals surface area contributed by atoms with E-state index in [2.05, 4.69) is 15.2 Å². The highest BCUT2D eigenvalue weighted by Crippen LogP contribution is 2.16. The molecule has 1 N–H and O–H groups in total. The van der Waals surface area contributed by atoms with Gasteiger partial charge in [0.05, 0.1) is 6.10 Å². The summed E-state index contributed by atoms with van der Waals surface area (Å²) in [5.74, 6) is 1.41. The Morgan fingerprint density at radius 1 is 1.12 bits per heavy atom. The summed E-state index contributed by atoms with van der Waals surface area (Å²) in [4.78, 5) is 20.2. The molecule has 7 heteroatoms. The zero-order valence-corrected chi connectivity index (χ0v) is 16.0. The molecule has 2 aliphatic heterocycles. The SMILES string of the molecule is CN(C)C(=O)CN=C(NCC1CCCCO1)N(C)CC1CCOCC1. The first kappa shape index (κ1) is 20.0. The molecule has 0 radical (unpaired) electrons. The van der Waals surface area contributed by atoms with Crippen molar-refractivity contribution >= 4 is 11.9 Å². The van der Waals surface area contributed by atoms with E-state index >= 15 is 0 Å². The smallest absolute Gasteiger partial charge is 0.243 e. The van der Waals surface area contributed by atoms with E-state index < -0.39 is 0 Å². The lowest BCUT2D eigenvalue weighted by Gasteiger charge is -2.31. The molecule has 0 spiro atoms. The van der Waals surface area contributed by atoms with E-state index in [1.807, 2.05) is 7.05 Å². The van der Waals surface area contributed by atoms with Crippen LogP contribution in [0.5, 0.6) is 0 Å².